The van der Waals surface area contributed by atoms with E-state index in [1.54, 1.807) is 6.20 Å². The molecule has 360 valence electrons. The third-order valence-electron chi connectivity index (χ3n) is 14.5. The number of nitrogens with zero attached hydrogens (tertiary/aromatic N) is 4. The van der Waals surface area contributed by atoms with E-state index in [1.165, 1.54) is 38.9 Å². The minimum absolute atomic E-state index is 0.00372. The number of ether oxygens (including phenoxy) is 1. The summed E-state index contributed by atoms with van der Waals surface area (Å²) in [6.45, 7) is 20.3. The first kappa shape index (κ1) is 42.2. The molecule has 0 saturated carbocycles. The van der Waals surface area contributed by atoms with Gasteiger partial charge >= 0.3 is 353 Å². The van der Waals surface area contributed by atoms with Crippen molar-refractivity contribution in [3.8, 4) is 45.3 Å². The molecule has 71 heavy (non-hydrogen) atoms. The second-order valence-corrected chi connectivity index (χ2v) is 23.4. The van der Waals surface area contributed by atoms with Crippen LogP contribution in [0.4, 0.5) is 0 Å². The minimum atomic E-state index is -0.281. The first-order valence-electron chi connectivity index (χ1n) is 27.0. The summed E-state index contributed by atoms with van der Waals surface area (Å²) in [6, 6.07) is 49.4. The van der Waals surface area contributed by atoms with E-state index in [-0.39, 0.29) is 46.5 Å². The number of fused-ring (bicyclic) bond motifs is 5. The molecular formula is C65H64N4OPt. The Bertz CT molecular complexity index is 3930. The van der Waals surface area contributed by atoms with Gasteiger partial charge in [-0.3, -0.25) is 0 Å². The van der Waals surface area contributed by atoms with E-state index in [2.05, 4.69) is 200 Å². The molecule has 1 aliphatic rings. The maximum absolute atomic E-state index is 9.15. The van der Waals surface area contributed by atoms with E-state index in [0.717, 1.165) is 57.3 Å². The van der Waals surface area contributed by atoms with Crippen LogP contribution in [0.15, 0.2) is 170 Å². The smallest absolute Gasteiger partial charge is 0.239 e. The van der Waals surface area contributed by atoms with Crippen molar-refractivity contribution in [3.05, 3.63) is 202 Å². The van der Waals surface area contributed by atoms with Crippen LogP contribution in [0.1, 0.15) is 121 Å². The van der Waals surface area contributed by atoms with Crippen molar-refractivity contribution >= 4 is 32.8 Å². The number of aryl methyl sites for hydroxylation is 1. The van der Waals surface area contributed by atoms with Gasteiger partial charge in [0.2, 0.25) is 0 Å². The van der Waals surface area contributed by atoms with Gasteiger partial charge in [0.1, 0.15) is 0 Å². The van der Waals surface area contributed by atoms with Gasteiger partial charge in [-0.2, -0.15) is 0 Å². The van der Waals surface area contributed by atoms with Crippen LogP contribution in [-0.2, 0) is 42.0 Å². The Hall–Kier alpha value is -6.55. The van der Waals surface area contributed by atoms with Crippen LogP contribution in [-0.4, -0.2) is 18.7 Å². The molecule has 0 bridgehead atoms. The Morgan fingerprint density at radius 1 is 0.563 bits per heavy atom. The van der Waals surface area contributed by atoms with Crippen LogP contribution >= 0.6 is 0 Å². The summed E-state index contributed by atoms with van der Waals surface area (Å²) in [6.07, 6.45) is 5.85. The van der Waals surface area contributed by atoms with E-state index in [4.69, 9.17) is 15.2 Å². The Labute approximate surface area is 435 Å². The number of aromatic nitrogens is 4. The number of benzene rings is 7. The first-order chi connectivity index (χ1) is 35.7. The minimum Gasteiger partial charge on any atom is -0.239 e. The molecule has 7 aromatic carbocycles. The van der Waals surface area contributed by atoms with Crippen molar-refractivity contribution in [1.82, 2.24) is 18.7 Å². The normalized spacial score (nSPS) is 15.3. The van der Waals surface area contributed by atoms with Crippen molar-refractivity contribution in [2.45, 2.75) is 110 Å². The molecule has 1 aliphatic carbocycles. The number of pyridine rings is 1. The van der Waals surface area contributed by atoms with Gasteiger partial charge in [0, 0.05) is 6.20 Å². The van der Waals surface area contributed by atoms with E-state index < -0.39 is 0 Å². The molecule has 0 N–H and O–H groups in total. The van der Waals surface area contributed by atoms with Crippen LogP contribution in [0, 0.1) is 3.80 Å². The Balaban J connectivity index is 1.08. The summed E-state index contributed by atoms with van der Waals surface area (Å²) >= 11 is 2.60. The Kier molecular flexibility index (Phi) is 10.7. The van der Waals surface area contributed by atoms with Crippen LogP contribution in [0.2, 0.25) is 0 Å². The zero-order valence-corrected chi connectivity index (χ0v) is 44.5. The maximum atomic E-state index is 9.15. The van der Waals surface area contributed by atoms with Gasteiger partial charge in [-0.25, -0.2) is 4.98 Å². The number of imidazole rings is 1. The van der Waals surface area contributed by atoms with Crippen molar-refractivity contribution in [1.29, 1.82) is 0 Å². The molecule has 0 aliphatic heterocycles. The van der Waals surface area contributed by atoms with E-state index in [1.807, 2.05) is 34.9 Å². The molecule has 1 unspecified atom stereocenters. The molecule has 10 aromatic rings. The summed E-state index contributed by atoms with van der Waals surface area (Å²) in [5, 5.41) is 1.15. The molecule has 1 atom stereocenters. The average Bonchev–Trinajstić information content (AvgIpc) is 3.82. The third kappa shape index (κ3) is 8.65. The van der Waals surface area contributed by atoms with Gasteiger partial charge < -0.3 is 0 Å². The predicted octanol–water partition coefficient (Wildman–Crippen LogP) is 17.3. The van der Waals surface area contributed by atoms with Gasteiger partial charge in [0.05, 0.1) is 5.48 Å². The summed E-state index contributed by atoms with van der Waals surface area (Å²) in [4.78, 5) is 4.81. The second kappa shape index (κ2) is 17.9. The number of para-hydroxylation sites is 4. The fraction of sp³-hybridized carbons (Fsp3) is 0.262. The van der Waals surface area contributed by atoms with Crippen LogP contribution in [0.3, 0.4) is 0 Å². The quantitative estimate of drug-likeness (QED) is 0.149. The predicted molar refractivity (Wildman–Crippen MR) is 292 cm³/mol. The Morgan fingerprint density at radius 2 is 1.23 bits per heavy atom. The van der Waals surface area contributed by atoms with Crippen LogP contribution < -0.4 is 4.74 Å². The fourth-order valence-corrected chi connectivity index (χ4v) is 11.7. The number of hydrogen-bond donors (Lipinski definition) is 0. The SMILES string of the molecule is [2H]c1c([2H])c([2H])c2c(c1[2H])c1ccc(Oc3ccc4c(c3)C(n3[c](=[Pt])n(-c5c(-c6ccccc6)cccc5-c5cc(C(C)(C)C)cc(C(C)(C)C)c5)c5ccccc53)CCCC4)cc1n2-c1cc(C(C)(C)C)ccn1. The van der Waals surface area contributed by atoms with Gasteiger partial charge in [-0.05, 0) is 29.2 Å². The van der Waals surface area contributed by atoms with E-state index >= 15 is 0 Å². The third-order valence-corrected chi connectivity index (χ3v) is 15.5. The molecule has 3 heterocycles. The molecular weight excluding hydrogens is 1050 g/mol. The Morgan fingerprint density at radius 3 is 1.96 bits per heavy atom. The molecule has 0 spiro atoms. The second-order valence-electron chi connectivity index (χ2n) is 22.4. The molecule has 11 rings (SSSR count). The summed E-state index contributed by atoms with van der Waals surface area (Å²) in [5.41, 5.74) is 15.2. The standard InChI is InChI=1S/C65H64N4O.Pt/c1-63(2,3)46-34-35-66-61(39-46)69-57-27-16-14-23-53(57)54-33-32-50(41-60(54)69)70-49-31-30-44-22-13-15-26-56(55(44)40-49)67-42-68(59-29-18-17-28-58(59)67)62-51(43-20-11-10-12-21-43)24-19-25-52(62)45-36-47(64(4,5)6)38-48(37-45)65(7,8)9;/h10-12,14,16-21,23-25,27-41,56H,13,15,22,26H2,1-9H3;/i14D,16D,23D,27D;. The summed E-state index contributed by atoms with van der Waals surface area (Å²) < 4.78 is 50.5. The zero-order valence-electron chi connectivity index (χ0n) is 46.3. The molecule has 6 heteroatoms. The molecule has 0 saturated heterocycles. The number of hydrogen-bond acceptors (Lipinski definition) is 2. The van der Waals surface area contributed by atoms with Crippen molar-refractivity contribution < 1.29 is 29.6 Å². The van der Waals surface area contributed by atoms with Crippen molar-refractivity contribution in [3.63, 3.8) is 0 Å². The summed E-state index contributed by atoms with van der Waals surface area (Å²) in [7, 11) is 0. The molecule has 3 aromatic heterocycles. The average molecular weight is 1120 g/mol. The van der Waals surface area contributed by atoms with Gasteiger partial charge in [0.15, 0.2) is 0 Å². The van der Waals surface area contributed by atoms with E-state index in [9.17, 15) is 0 Å². The number of rotatable bonds is 7. The van der Waals surface area contributed by atoms with Crippen molar-refractivity contribution in [2.24, 2.45) is 0 Å². The fourth-order valence-electron chi connectivity index (χ4n) is 10.6. The summed E-state index contributed by atoms with van der Waals surface area (Å²) in [5.74, 6) is 1.88. The van der Waals surface area contributed by atoms with Crippen LogP contribution in [0.25, 0.3) is 66.6 Å². The first-order valence-corrected chi connectivity index (χ1v) is 26.2. The van der Waals surface area contributed by atoms with Crippen LogP contribution in [0.5, 0.6) is 11.5 Å². The molecule has 0 radical (unpaired) electrons. The molecule has 5 nitrogen and oxygen atoms in total. The van der Waals surface area contributed by atoms with Crippen molar-refractivity contribution in [2.75, 3.05) is 0 Å². The van der Waals surface area contributed by atoms with E-state index in [0.29, 0.717) is 39.1 Å². The van der Waals surface area contributed by atoms with Gasteiger partial charge in [-0.1, -0.05) is 38.9 Å². The van der Waals surface area contributed by atoms with Gasteiger partial charge in [-0.15, -0.1) is 0 Å². The molecule has 0 fully saturated rings. The monoisotopic (exact) mass is 1120 g/mol. The topological polar surface area (TPSA) is 36.9 Å². The zero-order chi connectivity index (χ0) is 52.9. The molecule has 0 amide bonds. The van der Waals surface area contributed by atoms with Gasteiger partial charge in [0.25, 0.3) is 0 Å².